The van der Waals surface area contributed by atoms with Gasteiger partial charge in [0.05, 0.1) is 17.9 Å². The molecule has 1 aromatic rings. The minimum absolute atomic E-state index is 0.00287. The first kappa shape index (κ1) is 6.73. The molecule has 1 saturated heterocycles. The minimum Gasteiger partial charge on any atom is -0.480 e. The highest BCUT2D eigenvalue weighted by Gasteiger charge is 2.22. The van der Waals surface area contributed by atoms with E-state index in [0.29, 0.717) is 0 Å². The Hall–Kier alpha value is -0.960. The van der Waals surface area contributed by atoms with E-state index < -0.39 is 0 Å². The van der Waals surface area contributed by atoms with Gasteiger partial charge in [-0.3, -0.25) is 0 Å². The third-order valence-electron chi connectivity index (χ3n) is 1.95. The van der Waals surface area contributed by atoms with Crippen molar-refractivity contribution in [1.82, 2.24) is 0 Å². The molecule has 1 fully saturated rings. The quantitative estimate of drug-likeness (QED) is 0.671. The molecule has 60 valence electrons. The second-order valence-corrected chi connectivity index (χ2v) is 2.68. The van der Waals surface area contributed by atoms with E-state index in [4.69, 9.17) is 14.3 Å². The highest BCUT2D eigenvalue weighted by Crippen LogP contribution is 2.34. The topological polar surface area (TPSA) is 42.6 Å². The van der Waals surface area contributed by atoms with Gasteiger partial charge in [0.25, 0.3) is 5.95 Å². The van der Waals surface area contributed by atoms with Gasteiger partial charge in [-0.1, -0.05) is 0 Å². The van der Waals surface area contributed by atoms with Gasteiger partial charge in [-0.15, -0.1) is 0 Å². The van der Waals surface area contributed by atoms with Gasteiger partial charge in [0.2, 0.25) is 0 Å². The van der Waals surface area contributed by atoms with Crippen LogP contribution in [0.2, 0.25) is 0 Å². The molecule has 0 radical (unpaired) electrons. The molecule has 0 aromatic carbocycles. The van der Waals surface area contributed by atoms with Gasteiger partial charge in [-0.05, 0) is 18.9 Å². The standard InChI is InChI=1S/C8H10O3/c9-8-6(3-5-11-8)7-2-1-4-10-7/h3,5,7,9H,1-2,4H2. The predicted molar refractivity (Wildman–Crippen MR) is 38.3 cm³/mol. The third-order valence-corrected chi connectivity index (χ3v) is 1.95. The van der Waals surface area contributed by atoms with Crippen molar-refractivity contribution in [1.29, 1.82) is 0 Å². The van der Waals surface area contributed by atoms with Crippen LogP contribution in [-0.2, 0) is 4.74 Å². The lowest BCUT2D eigenvalue weighted by Crippen LogP contribution is -1.92. The van der Waals surface area contributed by atoms with Gasteiger partial charge >= 0.3 is 0 Å². The van der Waals surface area contributed by atoms with Crippen LogP contribution in [0.1, 0.15) is 24.5 Å². The van der Waals surface area contributed by atoms with Crippen LogP contribution in [0.25, 0.3) is 0 Å². The van der Waals surface area contributed by atoms with Crippen LogP contribution in [0, 0.1) is 0 Å². The Morgan fingerprint density at radius 2 is 2.45 bits per heavy atom. The van der Waals surface area contributed by atoms with Gasteiger partial charge < -0.3 is 14.3 Å². The summed E-state index contributed by atoms with van der Waals surface area (Å²) in [6, 6.07) is 1.76. The molecule has 1 atom stereocenters. The van der Waals surface area contributed by atoms with Crippen LogP contribution in [0.15, 0.2) is 16.7 Å². The molecule has 11 heavy (non-hydrogen) atoms. The number of furan rings is 1. The van der Waals surface area contributed by atoms with Gasteiger partial charge in [-0.2, -0.15) is 0 Å². The molecule has 0 spiro atoms. The first-order valence-electron chi connectivity index (χ1n) is 3.76. The molecule has 2 heterocycles. The predicted octanol–water partition coefficient (Wildman–Crippen LogP) is 1.84. The maximum atomic E-state index is 9.16. The van der Waals surface area contributed by atoms with Crippen molar-refractivity contribution in [2.24, 2.45) is 0 Å². The molecule has 1 N–H and O–H groups in total. The SMILES string of the molecule is Oc1occc1C1CCCO1. The normalized spacial score (nSPS) is 24.2. The minimum atomic E-state index is -0.00287. The summed E-state index contributed by atoms with van der Waals surface area (Å²) in [4.78, 5) is 0. The van der Waals surface area contributed by atoms with Crippen LogP contribution in [0.3, 0.4) is 0 Å². The third kappa shape index (κ3) is 1.12. The fourth-order valence-corrected chi connectivity index (χ4v) is 1.38. The molecule has 1 aliphatic rings. The second-order valence-electron chi connectivity index (χ2n) is 2.68. The first-order chi connectivity index (χ1) is 5.38. The summed E-state index contributed by atoms with van der Waals surface area (Å²) in [6.07, 6.45) is 3.57. The Morgan fingerprint density at radius 1 is 1.55 bits per heavy atom. The van der Waals surface area contributed by atoms with E-state index >= 15 is 0 Å². The number of rotatable bonds is 1. The number of aromatic hydroxyl groups is 1. The fourth-order valence-electron chi connectivity index (χ4n) is 1.38. The zero-order valence-electron chi connectivity index (χ0n) is 6.12. The van der Waals surface area contributed by atoms with Crippen molar-refractivity contribution in [3.05, 3.63) is 17.9 Å². The number of hydrogen-bond acceptors (Lipinski definition) is 3. The highest BCUT2D eigenvalue weighted by atomic mass is 16.5. The highest BCUT2D eigenvalue weighted by molar-refractivity contribution is 5.24. The lowest BCUT2D eigenvalue weighted by Gasteiger charge is -2.04. The maximum Gasteiger partial charge on any atom is 0.287 e. The van der Waals surface area contributed by atoms with Gasteiger partial charge in [0, 0.05) is 6.61 Å². The monoisotopic (exact) mass is 154 g/mol. The van der Waals surface area contributed by atoms with Gasteiger partial charge in [-0.25, -0.2) is 0 Å². The molecule has 3 nitrogen and oxygen atoms in total. The van der Waals surface area contributed by atoms with Gasteiger partial charge in [0.1, 0.15) is 0 Å². The largest absolute Gasteiger partial charge is 0.480 e. The summed E-state index contributed by atoms with van der Waals surface area (Å²) in [7, 11) is 0. The summed E-state index contributed by atoms with van der Waals surface area (Å²) >= 11 is 0. The molecular weight excluding hydrogens is 144 g/mol. The Morgan fingerprint density at radius 3 is 3.00 bits per heavy atom. The van der Waals surface area contributed by atoms with Crippen molar-refractivity contribution in [3.8, 4) is 5.95 Å². The summed E-state index contributed by atoms with van der Waals surface area (Å²) in [5.74, 6) is -0.00287. The Bertz CT molecular complexity index is 235. The Kier molecular flexibility index (Phi) is 1.58. The van der Waals surface area contributed by atoms with E-state index in [1.54, 1.807) is 6.07 Å². The van der Waals surface area contributed by atoms with E-state index in [-0.39, 0.29) is 12.1 Å². The van der Waals surface area contributed by atoms with E-state index in [1.807, 2.05) is 0 Å². The zero-order valence-corrected chi connectivity index (χ0v) is 6.12. The molecule has 0 bridgehead atoms. The molecule has 0 saturated carbocycles. The summed E-state index contributed by atoms with van der Waals surface area (Å²) < 4.78 is 10.1. The molecule has 0 aliphatic carbocycles. The van der Waals surface area contributed by atoms with Crippen LogP contribution < -0.4 is 0 Å². The lowest BCUT2D eigenvalue weighted by molar-refractivity contribution is 0.108. The smallest absolute Gasteiger partial charge is 0.287 e. The molecular formula is C8H10O3. The van der Waals surface area contributed by atoms with Crippen LogP contribution in [0.4, 0.5) is 0 Å². The molecule has 1 unspecified atom stereocenters. The van der Waals surface area contributed by atoms with Crippen molar-refractivity contribution in [2.45, 2.75) is 18.9 Å². The lowest BCUT2D eigenvalue weighted by atomic mass is 10.1. The van der Waals surface area contributed by atoms with Gasteiger partial charge in [0.15, 0.2) is 0 Å². The number of ether oxygens (including phenoxy) is 1. The average molecular weight is 154 g/mol. The number of hydrogen-bond donors (Lipinski definition) is 1. The summed E-state index contributed by atoms with van der Waals surface area (Å²) in [5.41, 5.74) is 0.780. The van der Waals surface area contributed by atoms with Crippen LogP contribution in [-0.4, -0.2) is 11.7 Å². The molecule has 1 aliphatic heterocycles. The molecule has 1 aromatic heterocycles. The Labute approximate surface area is 64.6 Å². The van der Waals surface area contributed by atoms with Crippen LogP contribution >= 0.6 is 0 Å². The summed E-state index contributed by atoms with van der Waals surface area (Å²) in [5, 5.41) is 9.16. The summed E-state index contributed by atoms with van der Waals surface area (Å²) in [6.45, 7) is 0.787. The van der Waals surface area contributed by atoms with Crippen molar-refractivity contribution >= 4 is 0 Å². The van der Waals surface area contributed by atoms with Crippen molar-refractivity contribution in [2.75, 3.05) is 6.61 Å². The van der Waals surface area contributed by atoms with E-state index in [1.165, 1.54) is 6.26 Å². The molecule has 0 amide bonds. The zero-order chi connectivity index (χ0) is 7.68. The van der Waals surface area contributed by atoms with E-state index in [2.05, 4.69) is 0 Å². The van der Waals surface area contributed by atoms with E-state index in [0.717, 1.165) is 25.0 Å². The Balaban J connectivity index is 2.21. The molecule has 2 rings (SSSR count). The average Bonchev–Trinajstić information content (AvgIpc) is 2.55. The van der Waals surface area contributed by atoms with Crippen molar-refractivity contribution < 1.29 is 14.3 Å². The second kappa shape index (κ2) is 2.58. The van der Waals surface area contributed by atoms with E-state index in [9.17, 15) is 0 Å². The first-order valence-corrected chi connectivity index (χ1v) is 3.76. The molecule has 3 heteroatoms. The van der Waals surface area contributed by atoms with Crippen molar-refractivity contribution in [3.63, 3.8) is 0 Å². The maximum absolute atomic E-state index is 9.16. The van der Waals surface area contributed by atoms with Crippen LogP contribution in [0.5, 0.6) is 5.95 Å². The fraction of sp³-hybridized carbons (Fsp3) is 0.500.